The molecule has 3 aromatic carbocycles. The second kappa shape index (κ2) is 8.58. The summed E-state index contributed by atoms with van der Waals surface area (Å²) in [7, 11) is 0. The van der Waals surface area contributed by atoms with E-state index in [-0.39, 0.29) is 5.91 Å². The standard InChI is InChI=1S/C24H22Cl2N2O/c25-21-9-8-18(22(26)13-21)12-23(27)24(29)28-14-19-7-6-17(11-20(19)15-28)10-16-4-2-1-3-5-16/h1-9,11,13,23H,10,12,14-15,27H2. The molecule has 3 aromatic rings. The molecule has 2 N–H and O–H groups in total. The maximum atomic E-state index is 12.9. The van der Waals surface area contributed by atoms with Crippen molar-refractivity contribution >= 4 is 29.1 Å². The molecule has 0 bridgehead atoms. The molecule has 0 aliphatic carbocycles. The molecular weight excluding hydrogens is 403 g/mol. The summed E-state index contributed by atoms with van der Waals surface area (Å²) < 4.78 is 0. The van der Waals surface area contributed by atoms with Crippen LogP contribution >= 0.6 is 23.2 Å². The van der Waals surface area contributed by atoms with Gasteiger partial charge >= 0.3 is 0 Å². The molecule has 4 rings (SSSR count). The lowest BCUT2D eigenvalue weighted by atomic mass is 10.0. The number of hydrogen-bond donors (Lipinski definition) is 1. The van der Waals surface area contributed by atoms with E-state index in [1.807, 2.05) is 17.0 Å². The van der Waals surface area contributed by atoms with E-state index < -0.39 is 6.04 Å². The van der Waals surface area contributed by atoms with Crippen LogP contribution in [0, 0.1) is 0 Å². The van der Waals surface area contributed by atoms with Gasteiger partial charge in [0.1, 0.15) is 0 Å². The van der Waals surface area contributed by atoms with Crippen molar-refractivity contribution in [1.82, 2.24) is 4.90 Å². The third-order valence-electron chi connectivity index (χ3n) is 5.33. The predicted molar refractivity (Wildman–Crippen MR) is 118 cm³/mol. The molecule has 3 nitrogen and oxygen atoms in total. The molecule has 1 aliphatic rings. The lowest BCUT2D eigenvalue weighted by Gasteiger charge is -2.20. The van der Waals surface area contributed by atoms with E-state index >= 15 is 0 Å². The lowest BCUT2D eigenvalue weighted by molar-refractivity contribution is -0.133. The quantitative estimate of drug-likeness (QED) is 0.626. The first-order valence-electron chi connectivity index (χ1n) is 9.62. The first-order valence-corrected chi connectivity index (χ1v) is 10.4. The molecule has 29 heavy (non-hydrogen) atoms. The molecule has 1 atom stereocenters. The van der Waals surface area contributed by atoms with E-state index in [9.17, 15) is 4.79 Å². The number of carbonyl (C=O) groups is 1. The molecule has 0 fully saturated rings. The van der Waals surface area contributed by atoms with Gasteiger partial charge in [0.2, 0.25) is 5.91 Å². The number of nitrogens with zero attached hydrogens (tertiary/aromatic N) is 1. The third-order valence-corrected chi connectivity index (χ3v) is 5.91. The minimum absolute atomic E-state index is 0.0585. The van der Waals surface area contributed by atoms with Crippen LogP contribution in [0.2, 0.25) is 10.0 Å². The number of halogens is 2. The molecule has 0 saturated carbocycles. The summed E-state index contributed by atoms with van der Waals surface area (Å²) in [6.07, 6.45) is 1.28. The largest absolute Gasteiger partial charge is 0.333 e. The Balaban J connectivity index is 1.42. The summed E-state index contributed by atoms with van der Waals surface area (Å²) in [6, 6.07) is 21.5. The van der Waals surface area contributed by atoms with E-state index in [1.54, 1.807) is 12.1 Å². The molecule has 1 heterocycles. The number of hydrogen-bond acceptors (Lipinski definition) is 2. The van der Waals surface area contributed by atoms with Crippen molar-refractivity contribution in [2.24, 2.45) is 5.73 Å². The average molecular weight is 425 g/mol. The van der Waals surface area contributed by atoms with Crippen LogP contribution in [0.15, 0.2) is 66.7 Å². The number of rotatable bonds is 5. The number of amides is 1. The highest BCUT2D eigenvalue weighted by Gasteiger charge is 2.27. The molecule has 5 heteroatoms. The summed E-state index contributed by atoms with van der Waals surface area (Å²) in [5, 5.41) is 1.11. The Morgan fingerprint density at radius 2 is 1.69 bits per heavy atom. The van der Waals surface area contributed by atoms with Crippen LogP contribution < -0.4 is 5.73 Å². The molecular formula is C24H22Cl2N2O. The summed E-state index contributed by atoms with van der Waals surface area (Å²) >= 11 is 12.2. The van der Waals surface area contributed by atoms with Crippen LogP contribution in [0.4, 0.5) is 0 Å². The van der Waals surface area contributed by atoms with E-state index in [2.05, 4.69) is 42.5 Å². The van der Waals surface area contributed by atoms with Gasteiger partial charge in [-0.25, -0.2) is 0 Å². The highest BCUT2D eigenvalue weighted by Crippen LogP contribution is 2.27. The molecule has 0 radical (unpaired) electrons. The maximum Gasteiger partial charge on any atom is 0.240 e. The number of nitrogens with two attached hydrogens (primary N) is 1. The van der Waals surface area contributed by atoms with Crippen LogP contribution in [0.3, 0.4) is 0 Å². The zero-order chi connectivity index (χ0) is 20.4. The van der Waals surface area contributed by atoms with Crippen LogP contribution in [0.1, 0.15) is 27.8 Å². The van der Waals surface area contributed by atoms with Gasteiger partial charge in [-0.15, -0.1) is 0 Å². The van der Waals surface area contributed by atoms with Crippen molar-refractivity contribution in [2.45, 2.75) is 32.0 Å². The number of carbonyl (C=O) groups excluding carboxylic acids is 1. The molecule has 1 unspecified atom stereocenters. The van der Waals surface area contributed by atoms with Gasteiger partial charge in [-0.1, -0.05) is 77.8 Å². The predicted octanol–water partition coefficient (Wildman–Crippen LogP) is 5.00. The highest BCUT2D eigenvalue weighted by atomic mass is 35.5. The van der Waals surface area contributed by atoms with Gasteiger partial charge < -0.3 is 10.6 Å². The SMILES string of the molecule is NC(Cc1ccc(Cl)cc1Cl)C(=O)N1Cc2ccc(Cc3ccccc3)cc2C1. The van der Waals surface area contributed by atoms with Gasteiger partial charge in [-0.3, -0.25) is 4.79 Å². The van der Waals surface area contributed by atoms with Crippen molar-refractivity contribution < 1.29 is 4.79 Å². The minimum Gasteiger partial charge on any atom is -0.333 e. The summed E-state index contributed by atoms with van der Waals surface area (Å²) in [6.45, 7) is 1.20. The van der Waals surface area contributed by atoms with Gasteiger partial charge in [0.15, 0.2) is 0 Å². The topological polar surface area (TPSA) is 46.3 Å². The summed E-state index contributed by atoms with van der Waals surface area (Å²) in [5.74, 6) is -0.0585. The van der Waals surface area contributed by atoms with Crippen molar-refractivity contribution in [3.05, 3.63) is 105 Å². The van der Waals surface area contributed by atoms with Gasteiger partial charge in [-0.05, 0) is 52.8 Å². The maximum absolute atomic E-state index is 12.9. The van der Waals surface area contributed by atoms with E-state index in [0.29, 0.717) is 29.6 Å². The second-order valence-electron chi connectivity index (χ2n) is 7.51. The molecule has 148 valence electrons. The Labute approximate surface area is 181 Å². The Kier molecular flexibility index (Phi) is 5.91. The van der Waals surface area contributed by atoms with E-state index in [4.69, 9.17) is 28.9 Å². The van der Waals surface area contributed by atoms with Gasteiger partial charge in [0.25, 0.3) is 0 Å². The van der Waals surface area contributed by atoms with Crippen molar-refractivity contribution in [1.29, 1.82) is 0 Å². The minimum atomic E-state index is -0.633. The van der Waals surface area contributed by atoms with Gasteiger partial charge in [-0.2, -0.15) is 0 Å². The van der Waals surface area contributed by atoms with E-state index in [1.165, 1.54) is 22.3 Å². The average Bonchev–Trinajstić information content (AvgIpc) is 3.13. The Morgan fingerprint density at radius 3 is 2.45 bits per heavy atom. The zero-order valence-corrected chi connectivity index (χ0v) is 17.5. The Bertz CT molecular complexity index is 1040. The van der Waals surface area contributed by atoms with Gasteiger partial charge in [0, 0.05) is 23.1 Å². The Morgan fingerprint density at radius 1 is 0.931 bits per heavy atom. The van der Waals surface area contributed by atoms with Gasteiger partial charge in [0.05, 0.1) is 6.04 Å². The molecule has 0 saturated heterocycles. The Hall–Kier alpha value is -2.33. The van der Waals surface area contributed by atoms with Crippen LogP contribution in [0.25, 0.3) is 0 Å². The smallest absolute Gasteiger partial charge is 0.240 e. The van der Waals surface area contributed by atoms with Crippen LogP contribution in [-0.4, -0.2) is 16.8 Å². The fraction of sp³-hybridized carbons (Fsp3) is 0.208. The highest BCUT2D eigenvalue weighted by molar-refractivity contribution is 6.35. The third kappa shape index (κ3) is 4.64. The first kappa shape index (κ1) is 20.0. The normalized spacial score (nSPS) is 14.0. The summed E-state index contributed by atoms with van der Waals surface area (Å²) in [4.78, 5) is 14.7. The summed E-state index contributed by atoms with van der Waals surface area (Å²) in [5.41, 5.74) is 12.0. The molecule has 1 amide bonds. The monoisotopic (exact) mass is 424 g/mol. The lowest BCUT2D eigenvalue weighted by Crippen LogP contribution is -2.42. The van der Waals surface area contributed by atoms with Crippen LogP contribution in [0.5, 0.6) is 0 Å². The first-order chi connectivity index (χ1) is 14.0. The fourth-order valence-corrected chi connectivity index (χ4v) is 4.28. The number of benzene rings is 3. The fourth-order valence-electron chi connectivity index (χ4n) is 3.79. The zero-order valence-electron chi connectivity index (χ0n) is 15.9. The van der Waals surface area contributed by atoms with E-state index in [0.717, 1.165) is 12.0 Å². The molecule has 0 spiro atoms. The van der Waals surface area contributed by atoms with Crippen molar-refractivity contribution in [3.63, 3.8) is 0 Å². The molecule has 1 aliphatic heterocycles. The van der Waals surface area contributed by atoms with Crippen LogP contribution in [-0.2, 0) is 30.7 Å². The second-order valence-corrected chi connectivity index (χ2v) is 8.35. The van der Waals surface area contributed by atoms with Crippen molar-refractivity contribution in [2.75, 3.05) is 0 Å². The number of fused-ring (bicyclic) bond motifs is 1. The molecule has 0 aromatic heterocycles. The van der Waals surface area contributed by atoms with Crippen molar-refractivity contribution in [3.8, 4) is 0 Å².